The Morgan fingerprint density at radius 2 is 1.86 bits per heavy atom. The summed E-state index contributed by atoms with van der Waals surface area (Å²) in [6.45, 7) is 1.91. The van der Waals surface area contributed by atoms with Crippen molar-refractivity contribution in [2.75, 3.05) is 7.05 Å². The molecule has 0 spiro atoms. The van der Waals surface area contributed by atoms with Gasteiger partial charge in [0.1, 0.15) is 0 Å². The minimum absolute atomic E-state index is 0.0753. The Labute approximate surface area is 133 Å². The summed E-state index contributed by atoms with van der Waals surface area (Å²) < 4.78 is 0. The van der Waals surface area contributed by atoms with Crippen LogP contribution in [-0.4, -0.2) is 22.8 Å². The number of nitro groups is 1. The van der Waals surface area contributed by atoms with E-state index in [2.05, 4.69) is 0 Å². The molecule has 0 unspecified atom stereocenters. The fourth-order valence-electron chi connectivity index (χ4n) is 2.11. The van der Waals surface area contributed by atoms with Gasteiger partial charge in [-0.25, -0.2) is 0 Å². The molecule has 0 aliphatic heterocycles. The van der Waals surface area contributed by atoms with Crippen molar-refractivity contribution in [3.63, 3.8) is 0 Å². The molecule has 0 bridgehead atoms. The van der Waals surface area contributed by atoms with Crippen LogP contribution < -0.4 is 0 Å². The second-order valence-electron chi connectivity index (χ2n) is 4.92. The van der Waals surface area contributed by atoms with Crippen molar-refractivity contribution in [1.82, 2.24) is 4.90 Å². The van der Waals surface area contributed by atoms with Crippen molar-refractivity contribution in [1.29, 1.82) is 0 Å². The molecule has 114 valence electrons. The Morgan fingerprint density at radius 1 is 1.23 bits per heavy atom. The van der Waals surface area contributed by atoms with Gasteiger partial charge in [0.25, 0.3) is 11.6 Å². The molecular weight excluding hydrogens is 304 g/mol. The SMILES string of the molecule is C[C@@H](c1ccccc1)N(C)C(=O)c1ccc([N+](=O)[O-])cc1Cl. The van der Waals surface area contributed by atoms with Gasteiger partial charge in [-0.05, 0) is 18.6 Å². The molecule has 0 saturated carbocycles. The van der Waals surface area contributed by atoms with Crippen LogP contribution in [0.25, 0.3) is 0 Å². The molecule has 1 amide bonds. The predicted molar refractivity (Wildman–Crippen MR) is 85.1 cm³/mol. The Hall–Kier alpha value is -2.40. The van der Waals surface area contributed by atoms with Crippen molar-refractivity contribution in [3.8, 4) is 0 Å². The van der Waals surface area contributed by atoms with Crippen molar-refractivity contribution >= 4 is 23.2 Å². The minimum atomic E-state index is -0.545. The smallest absolute Gasteiger partial charge is 0.270 e. The molecule has 0 aromatic heterocycles. The van der Waals surface area contributed by atoms with Crippen molar-refractivity contribution in [2.45, 2.75) is 13.0 Å². The van der Waals surface area contributed by atoms with Crippen molar-refractivity contribution < 1.29 is 9.72 Å². The number of nitro benzene ring substituents is 1. The molecule has 0 N–H and O–H groups in total. The summed E-state index contributed by atoms with van der Waals surface area (Å²) in [7, 11) is 1.68. The highest BCUT2D eigenvalue weighted by Gasteiger charge is 2.22. The van der Waals surface area contributed by atoms with E-state index >= 15 is 0 Å². The lowest BCUT2D eigenvalue weighted by atomic mass is 10.1. The number of amides is 1. The molecule has 5 nitrogen and oxygen atoms in total. The van der Waals surface area contributed by atoms with E-state index in [-0.39, 0.29) is 28.2 Å². The largest absolute Gasteiger partial charge is 0.335 e. The van der Waals surface area contributed by atoms with Crippen LogP contribution in [-0.2, 0) is 0 Å². The third-order valence-electron chi connectivity index (χ3n) is 3.58. The van der Waals surface area contributed by atoms with Crippen LogP contribution in [0.1, 0.15) is 28.9 Å². The fraction of sp³-hybridized carbons (Fsp3) is 0.188. The first-order valence-electron chi connectivity index (χ1n) is 6.68. The van der Waals surface area contributed by atoms with E-state index in [9.17, 15) is 14.9 Å². The second kappa shape index (κ2) is 6.58. The van der Waals surface area contributed by atoms with Crippen LogP contribution in [0.4, 0.5) is 5.69 Å². The lowest BCUT2D eigenvalue weighted by Gasteiger charge is -2.25. The number of hydrogen-bond donors (Lipinski definition) is 0. The second-order valence-corrected chi connectivity index (χ2v) is 5.33. The van der Waals surface area contributed by atoms with E-state index < -0.39 is 4.92 Å². The van der Waals surface area contributed by atoms with Gasteiger partial charge >= 0.3 is 0 Å². The summed E-state index contributed by atoms with van der Waals surface area (Å²) >= 11 is 6.01. The first-order chi connectivity index (χ1) is 10.4. The van der Waals surface area contributed by atoms with E-state index in [1.807, 2.05) is 37.3 Å². The summed E-state index contributed by atoms with van der Waals surface area (Å²) in [6, 6.07) is 13.3. The van der Waals surface area contributed by atoms with Gasteiger partial charge < -0.3 is 4.90 Å². The predicted octanol–water partition coefficient (Wildman–Crippen LogP) is 4.08. The molecule has 22 heavy (non-hydrogen) atoms. The molecule has 2 rings (SSSR count). The molecule has 1 atom stereocenters. The normalized spacial score (nSPS) is 11.8. The maximum Gasteiger partial charge on any atom is 0.270 e. The number of halogens is 1. The summed E-state index contributed by atoms with van der Waals surface area (Å²) in [5.74, 6) is -0.281. The molecule has 0 heterocycles. The molecule has 6 heteroatoms. The van der Waals surface area contributed by atoms with Gasteiger partial charge in [0.15, 0.2) is 0 Å². The van der Waals surface area contributed by atoms with Gasteiger partial charge in [0.05, 0.1) is 21.6 Å². The zero-order valence-corrected chi connectivity index (χ0v) is 12.9. The van der Waals surface area contributed by atoms with E-state index in [0.717, 1.165) is 5.56 Å². The maximum atomic E-state index is 12.5. The lowest BCUT2D eigenvalue weighted by molar-refractivity contribution is -0.384. The zero-order chi connectivity index (χ0) is 16.3. The summed E-state index contributed by atoms with van der Waals surface area (Å²) in [4.78, 5) is 24.3. The molecule has 2 aromatic carbocycles. The molecule has 2 aromatic rings. The fourth-order valence-corrected chi connectivity index (χ4v) is 2.37. The molecular formula is C16H15ClN2O3. The third kappa shape index (κ3) is 3.26. The van der Waals surface area contributed by atoms with Gasteiger partial charge in [-0.15, -0.1) is 0 Å². The standard InChI is InChI=1S/C16H15ClN2O3/c1-11(12-6-4-3-5-7-12)18(2)16(20)14-9-8-13(19(21)22)10-15(14)17/h3-11H,1-2H3/t11-/m0/s1. The summed E-state index contributed by atoms with van der Waals surface area (Å²) in [5.41, 5.74) is 1.11. The molecule has 0 fully saturated rings. The zero-order valence-electron chi connectivity index (χ0n) is 12.2. The lowest BCUT2D eigenvalue weighted by Crippen LogP contribution is -2.29. The number of hydrogen-bond acceptors (Lipinski definition) is 3. The van der Waals surface area contributed by atoms with E-state index in [0.29, 0.717) is 0 Å². The molecule has 0 saturated heterocycles. The first kappa shape index (κ1) is 16.0. The van der Waals surface area contributed by atoms with Crippen LogP contribution in [0.15, 0.2) is 48.5 Å². The van der Waals surface area contributed by atoms with Crippen LogP contribution in [0, 0.1) is 10.1 Å². The van der Waals surface area contributed by atoms with Crippen LogP contribution >= 0.6 is 11.6 Å². The monoisotopic (exact) mass is 318 g/mol. The molecule has 0 aliphatic rings. The van der Waals surface area contributed by atoms with Crippen molar-refractivity contribution in [2.24, 2.45) is 0 Å². The average Bonchev–Trinajstić information content (AvgIpc) is 2.53. The van der Waals surface area contributed by atoms with Gasteiger partial charge in [-0.3, -0.25) is 14.9 Å². The number of carbonyl (C=O) groups excluding carboxylic acids is 1. The highest BCUT2D eigenvalue weighted by Crippen LogP contribution is 2.26. The highest BCUT2D eigenvalue weighted by atomic mass is 35.5. The number of rotatable bonds is 4. The number of nitrogens with zero attached hydrogens (tertiary/aromatic N) is 2. The molecule has 0 radical (unpaired) electrons. The van der Waals surface area contributed by atoms with E-state index in [1.165, 1.54) is 18.2 Å². The summed E-state index contributed by atoms with van der Waals surface area (Å²) in [6.07, 6.45) is 0. The van der Waals surface area contributed by atoms with E-state index in [4.69, 9.17) is 11.6 Å². The van der Waals surface area contributed by atoms with Crippen molar-refractivity contribution in [3.05, 3.63) is 74.8 Å². The Balaban J connectivity index is 2.26. The van der Waals surface area contributed by atoms with Crippen LogP contribution in [0.5, 0.6) is 0 Å². The molecule has 0 aliphatic carbocycles. The Morgan fingerprint density at radius 3 is 2.41 bits per heavy atom. The van der Waals surface area contributed by atoms with Gasteiger partial charge in [0.2, 0.25) is 0 Å². The first-order valence-corrected chi connectivity index (χ1v) is 7.05. The number of carbonyl (C=O) groups is 1. The minimum Gasteiger partial charge on any atom is -0.335 e. The Bertz CT molecular complexity index is 704. The quantitative estimate of drug-likeness (QED) is 0.630. The topological polar surface area (TPSA) is 63.5 Å². The van der Waals surface area contributed by atoms with Crippen LogP contribution in [0.3, 0.4) is 0 Å². The van der Waals surface area contributed by atoms with E-state index in [1.54, 1.807) is 11.9 Å². The number of non-ortho nitro benzene ring substituents is 1. The summed E-state index contributed by atoms with van der Waals surface area (Å²) in [5, 5.41) is 10.8. The maximum absolute atomic E-state index is 12.5. The Kier molecular flexibility index (Phi) is 4.78. The van der Waals surface area contributed by atoms with Gasteiger partial charge in [-0.2, -0.15) is 0 Å². The van der Waals surface area contributed by atoms with Crippen LogP contribution in [0.2, 0.25) is 5.02 Å². The number of benzene rings is 2. The average molecular weight is 319 g/mol. The van der Waals surface area contributed by atoms with Gasteiger partial charge in [-0.1, -0.05) is 41.9 Å². The third-order valence-corrected chi connectivity index (χ3v) is 3.89. The van der Waals surface area contributed by atoms with Gasteiger partial charge in [0, 0.05) is 19.2 Å². The highest BCUT2D eigenvalue weighted by molar-refractivity contribution is 6.34.